The van der Waals surface area contributed by atoms with E-state index in [-0.39, 0.29) is 7.69 Å². The molecular weight excluding hydrogens is 111 g/mol. The molecule has 0 bridgehead atoms. The summed E-state index contributed by atoms with van der Waals surface area (Å²) in [4.78, 5) is 0. The molecule has 2 nitrogen and oxygen atoms in total. The van der Waals surface area contributed by atoms with Crippen LogP contribution >= 0.6 is 0 Å². The van der Waals surface area contributed by atoms with Crippen molar-refractivity contribution >= 4 is 15.2 Å². The minimum Gasteiger partial charge on any atom is -0.429 e. The van der Waals surface area contributed by atoms with Gasteiger partial charge in [0.25, 0.3) is 0 Å². The van der Waals surface area contributed by atoms with Gasteiger partial charge in [0.15, 0.2) is 0 Å². The molecule has 41 valence electrons. The van der Waals surface area contributed by atoms with Gasteiger partial charge in [-0.15, -0.1) is 0 Å². The summed E-state index contributed by atoms with van der Waals surface area (Å²) >= 11 is 0. The van der Waals surface area contributed by atoms with Crippen LogP contribution in [0.1, 0.15) is 0 Å². The van der Waals surface area contributed by atoms with E-state index in [0.29, 0.717) is 0 Å². The van der Waals surface area contributed by atoms with E-state index in [1.54, 1.807) is 0 Å². The second-order valence-corrected chi connectivity index (χ2v) is 0.363. The van der Waals surface area contributed by atoms with E-state index in [2.05, 4.69) is 0 Å². The van der Waals surface area contributed by atoms with Gasteiger partial charge >= 0.3 is 15.2 Å². The predicted molar refractivity (Wildman–Crippen MR) is 19.3 cm³/mol. The molecule has 0 rings (SSSR count). The van der Waals surface area contributed by atoms with Crippen LogP contribution in [0.4, 0.5) is 12.9 Å². The lowest BCUT2D eigenvalue weighted by atomic mass is 10.5. The van der Waals surface area contributed by atoms with Gasteiger partial charge in [-0.1, -0.05) is 0 Å². The maximum atomic E-state index is 9.67. The first kappa shape index (κ1) is 9.96. The van der Waals surface area contributed by atoms with Crippen LogP contribution < -0.4 is 0 Å². The second kappa shape index (κ2) is 9.28. The van der Waals surface area contributed by atoms with Crippen molar-refractivity contribution in [1.29, 1.82) is 0 Å². The highest BCUT2D eigenvalue weighted by Gasteiger charge is 2.06. The maximum absolute atomic E-state index is 9.67. The van der Waals surface area contributed by atoms with Gasteiger partial charge in [0, 0.05) is 0 Å². The molecule has 0 spiro atoms. The average Bonchev–Trinajstić information content (AvgIpc) is 1.33. The molecule has 0 aromatic carbocycles. The minimum atomic E-state index is -3.67. The molecule has 0 atom stereocenters. The fourth-order valence-corrected chi connectivity index (χ4v) is 0. The predicted octanol–water partition coefficient (Wildman–Crippen LogP) is -0.615. The third kappa shape index (κ3) is 3360. The summed E-state index contributed by atoms with van der Waals surface area (Å²) < 4.78 is 29.0. The van der Waals surface area contributed by atoms with Crippen molar-refractivity contribution < 1.29 is 23.0 Å². The first-order valence-corrected chi connectivity index (χ1v) is 1.17. The van der Waals surface area contributed by atoms with E-state index in [1.807, 2.05) is 0 Å². The zero-order chi connectivity index (χ0) is 6.28. The monoisotopic (exact) mass is 113 g/mol. The van der Waals surface area contributed by atoms with Crippen LogP contribution in [0.3, 0.4) is 0 Å². The Kier molecular flexibility index (Phi) is 13.2. The Balaban J connectivity index is 0. The fourth-order valence-electron chi connectivity index (χ4n) is 0. The van der Waals surface area contributed by atoms with Crippen LogP contribution in [0.5, 0.6) is 0 Å². The first-order valence-electron chi connectivity index (χ1n) is 1.17. The van der Waals surface area contributed by atoms with Gasteiger partial charge in [-0.25, -0.2) is 0 Å². The largest absolute Gasteiger partial charge is 0.762 e. The molecule has 0 aliphatic carbocycles. The summed E-state index contributed by atoms with van der Waals surface area (Å²) in [6.45, 7) is 0. The summed E-state index contributed by atoms with van der Waals surface area (Å²) in [6.07, 6.45) is 0. The molecule has 0 heterocycles. The first-order chi connectivity index (χ1) is 3.15. The molecular formula is H2B2F3O2. The van der Waals surface area contributed by atoms with Gasteiger partial charge in [-0.05, 0) is 0 Å². The Bertz CT molecular complexity index is 22.1. The topological polar surface area (TPSA) is 40.5 Å². The van der Waals surface area contributed by atoms with E-state index in [0.717, 1.165) is 0 Å². The molecule has 0 unspecified atom stereocenters. The number of halogens is 3. The van der Waals surface area contributed by atoms with Crippen LogP contribution in [0.2, 0.25) is 0 Å². The summed E-state index contributed by atoms with van der Waals surface area (Å²) in [7, 11) is -3.67. The molecule has 0 saturated carbocycles. The van der Waals surface area contributed by atoms with Gasteiger partial charge in [0.1, 0.15) is 0 Å². The molecule has 0 aliphatic rings. The molecule has 0 amide bonds. The number of hydrogen-bond donors (Lipinski definition) is 2. The molecule has 2 N–H and O–H groups in total. The number of hydrogen-bond acceptors (Lipinski definition) is 2. The normalized spacial score (nSPS) is 5.86. The van der Waals surface area contributed by atoms with Crippen molar-refractivity contribution in [2.24, 2.45) is 0 Å². The van der Waals surface area contributed by atoms with Crippen molar-refractivity contribution in [3.8, 4) is 0 Å². The lowest BCUT2D eigenvalue weighted by Crippen LogP contribution is -1.76. The Morgan fingerprint density at radius 2 is 1.14 bits per heavy atom. The quantitative estimate of drug-likeness (QED) is 0.411. The molecule has 7 heteroatoms. The second-order valence-electron chi connectivity index (χ2n) is 0.363. The SMILES string of the molecule is FB(F)F.O[B]O. The fraction of sp³-hybridized carbons (Fsp3) is 0. The Morgan fingerprint density at radius 1 is 1.14 bits per heavy atom. The van der Waals surface area contributed by atoms with Crippen molar-refractivity contribution in [3.63, 3.8) is 0 Å². The highest BCUT2D eigenvalue weighted by Crippen LogP contribution is 1.80. The molecule has 0 saturated heterocycles. The van der Waals surface area contributed by atoms with Crippen LogP contribution in [-0.4, -0.2) is 25.3 Å². The smallest absolute Gasteiger partial charge is 0.429 e. The van der Waals surface area contributed by atoms with Crippen molar-refractivity contribution in [2.75, 3.05) is 0 Å². The lowest BCUT2D eigenvalue weighted by molar-refractivity contribution is 0.448. The van der Waals surface area contributed by atoms with Crippen LogP contribution in [-0.2, 0) is 0 Å². The van der Waals surface area contributed by atoms with Crippen LogP contribution in [0, 0.1) is 0 Å². The number of rotatable bonds is 0. The van der Waals surface area contributed by atoms with E-state index in [4.69, 9.17) is 10.0 Å². The molecule has 7 heavy (non-hydrogen) atoms. The lowest BCUT2D eigenvalue weighted by Gasteiger charge is -1.55. The van der Waals surface area contributed by atoms with Gasteiger partial charge in [0.2, 0.25) is 0 Å². The third-order valence-electron chi connectivity index (χ3n) is 0. The van der Waals surface area contributed by atoms with E-state index in [9.17, 15) is 12.9 Å². The molecule has 0 aromatic heterocycles. The van der Waals surface area contributed by atoms with Gasteiger partial charge in [-0.2, -0.15) is 0 Å². The maximum Gasteiger partial charge on any atom is 0.762 e. The molecule has 0 aliphatic heterocycles. The molecule has 0 aromatic rings. The highest BCUT2D eigenvalue weighted by molar-refractivity contribution is 6.33. The van der Waals surface area contributed by atoms with Gasteiger partial charge in [0.05, 0.1) is 0 Å². The zero-order valence-corrected chi connectivity index (χ0v) is 3.18. The summed E-state index contributed by atoms with van der Waals surface area (Å²) in [5, 5.41) is 14.0. The standard InChI is InChI=1S/BF3.BH2O2/c2-1(3)4;2-1-3/h;2-3H. The summed E-state index contributed by atoms with van der Waals surface area (Å²) in [5.74, 6) is 0. The Labute approximate surface area is 39.5 Å². The van der Waals surface area contributed by atoms with E-state index >= 15 is 0 Å². The third-order valence-corrected chi connectivity index (χ3v) is 0. The Morgan fingerprint density at radius 3 is 1.14 bits per heavy atom. The Hall–Kier alpha value is -0.160. The van der Waals surface area contributed by atoms with Crippen LogP contribution in [0.15, 0.2) is 0 Å². The van der Waals surface area contributed by atoms with Gasteiger partial charge < -0.3 is 10.0 Å². The van der Waals surface area contributed by atoms with Crippen LogP contribution in [0.25, 0.3) is 0 Å². The molecule has 1 radical (unpaired) electrons. The summed E-state index contributed by atoms with van der Waals surface area (Å²) in [6, 6.07) is 0. The molecule has 0 fully saturated rings. The van der Waals surface area contributed by atoms with Gasteiger partial charge in [-0.3, -0.25) is 12.9 Å². The summed E-state index contributed by atoms with van der Waals surface area (Å²) in [5.41, 5.74) is 0. The van der Waals surface area contributed by atoms with Crippen molar-refractivity contribution in [2.45, 2.75) is 0 Å². The average molecular weight is 113 g/mol. The van der Waals surface area contributed by atoms with Crippen molar-refractivity contribution in [3.05, 3.63) is 0 Å². The van der Waals surface area contributed by atoms with E-state index in [1.165, 1.54) is 0 Å². The van der Waals surface area contributed by atoms with Crippen molar-refractivity contribution in [1.82, 2.24) is 0 Å². The van der Waals surface area contributed by atoms with E-state index < -0.39 is 7.54 Å². The highest BCUT2D eigenvalue weighted by atomic mass is 19.4. The zero-order valence-electron chi connectivity index (χ0n) is 3.18. The minimum absolute atomic E-state index is 0.